The van der Waals surface area contributed by atoms with Crippen LogP contribution < -0.4 is 0 Å². The second-order valence-electron chi connectivity index (χ2n) is 0.651. The largest absolute Gasteiger partial charge is 0.471 e. The minimum atomic E-state index is -5.06. The molecule has 0 heterocycles. The summed E-state index contributed by atoms with van der Waals surface area (Å²) in [5.41, 5.74) is 0. The van der Waals surface area contributed by atoms with Crippen LogP contribution in [0.3, 0.4) is 0 Å². The molecule has 45 valence electrons. The molecule has 0 atom stereocenters. The van der Waals surface area contributed by atoms with Gasteiger partial charge in [-0.2, -0.15) is 0 Å². The van der Waals surface area contributed by atoms with Crippen LogP contribution in [0.25, 0.3) is 0 Å². The Kier molecular flexibility index (Phi) is 2.15. The topological polar surface area (TPSA) is 55.8 Å². The normalized spacial score (nSPS) is 24.6. The number of rotatable bonds is 2. The van der Waals surface area contributed by atoms with E-state index >= 15 is 0 Å². The minimum absolute atomic E-state index is 0. The van der Waals surface area contributed by atoms with Crippen molar-refractivity contribution in [2.45, 2.75) is 0 Å². The van der Waals surface area contributed by atoms with Crippen LogP contribution in [0.1, 0.15) is 8.22 Å². The predicted molar refractivity (Wildman–Crippen MR) is 29.6 cm³/mol. The van der Waals surface area contributed by atoms with Crippen molar-refractivity contribution in [3.05, 3.63) is 0 Å². The van der Waals surface area contributed by atoms with Gasteiger partial charge in [0.15, 0.2) is 0 Å². The standard InChI is InChI=1S/C2H7O4P.Na/c1-5-7(3,4)6-2;/h1-2H3,(H,3,4);/i1D3,2D3;. The van der Waals surface area contributed by atoms with Crippen LogP contribution in [-0.4, -0.2) is 48.5 Å². The van der Waals surface area contributed by atoms with E-state index in [0.717, 1.165) is 0 Å². The maximum atomic E-state index is 10.6. The second-order valence-corrected chi connectivity index (χ2v) is 1.95. The van der Waals surface area contributed by atoms with Gasteiger partial charge in [-0.05, 0) is 0 Å². The molecule has 1 N–H and O–H groups in total. The molecule has 4 nitrogen and oxygen atoms in total. The van der Waals surface area contributed by atoms with Gasteiger partial charge in [-0.25, -0.2) is 4.57 Å². The van der Waals surface area contributed by atoms with Crippen LogP contribution in [0.2, 0.25) is 0 Å². The zero-order valence-electron chi connectivity index (χ0n) is 10.1. The quantitative estimate of drug-likeness (QED) is 0.450. The summed E-state index contributed by atoms with van der Waals surface area (Å²) < 4.78 is 56.2. The van der Waals surface area contributed by atoms with Gasteiger partial charge in [0, 0.05) is 43.6 Å². The van der Waals surface area contributed by atoms with Crippen LogP contribution in [0.5, 0.6) is 0 Å². The van der Waals surface area contributed by atoms with Crippen LogP contribution in [0.15, 0.2) is 0 Å². The first-order valence-electron chi connectivity index (χ1n) is 4.16. The molecule has 0 amide bonds. The Hall–Kier alpha value is 1.11. The maximum absolute atomic E-state index is 10.6. The Morgan fingerprint density at radius 3 is 2.25 bits per heavy atom. The van der Waals surface area contributed by atoms with Gasteiger partial charge < -0.3 is 4.89 Å². The van der Waals surface area contributed by atoms with Gasteiger partial charge >= 0.3 is 7.82 Å². The molecule has 0 unspecified atom stereocenters. The number of hydrogen-bond acceptors (Lipinski definition) is 3. The van der Waals surface area contributed by atoms with Gasteiger partial charge in [-0.1, -0.05) is 0 Å². The van der Waals surface area contributed by atoms with Gasteiger partial charge in [0.2, 0.25) is 0 Å². The van der Waals surface area contributed by atoms with Gasteiger partial charge in [0.05, 0.1) is 8.22 Å². The molecule has 1 radical (unpaired) electrons. The van der Waals surface area contributed by atoms with E-state index in [1.807, 2.05) is 0 Å². The third-order valence-electron chi connectivity index (χ3n) is 0.231. The molecule has 0 aromatic rings. The smallest absolute Gasteiger partial charge is 0.303 e. The summed E-state index contributed by atoms with van der Waals surface area (Å²) >= 11 is 0. The molecule has 0 aliphatic rings. The van der Waals surface area contributed by atoms with Crippen molar-refractivity contribution in [2.24, 2.45) is 0 Å². The summed E-state index contributed by atoms with van der Waals surface area (Å²) in [5.74, 6) is 0. The van der Waals surface area contributed by atoms with Crippen LogP contribution in [0, 0.1) is 0 Å². The van der Waals surface area contributed by atoms with Crippen molar-refractivity contribution >= 4 is 37.4 Å². The number of phosphoric ester groups is 1. The van der Waals surface area contributed by atoms with E-state index in [1.54, 1.807) is 0 Å². The Labute approximate surface area is 78.5 Å². The van der Waals surface area contributed by atoms with Gasteiger partial charge in [0.25, 0.3) is 0 Å². The number of hydrogen-bond donors (Lipinski definition) is 1. The third-order valence-corrected chi connectivity index (χ3v) is 0.692. The Balaban J connectivity index is 0. The molecule has 0 saturated carbocycles. The monoisotopic (exact) mass is 155 g/mol. The van der Waals surface area contributed by atoms with E-state index in [-0.39, 0.29) is 29.6 Å². The van der Waals surface area contributed by atoms with Gasteiger partial charge in [0.1, 0.15) is 0 Å². The van der Waals surface area contributed by atoms with E-state index in [2.05, 4.69) is 9.05 Å². The summed E-state index contributed by atoms with van der Waals surface area (Å²) in [4.78, 5) is 8.58. The Morgan fingerprint density at radius 1 is 1.62 bits per heavy atom. The third kappa shape index (κ3) is 5.25. The fraction of sp³-hybridized carbons (Fsp3) is 1.00. The zero-order chi connectivity index (χ0) is 10.9. The average Bonchev–Trinajstić information content (AvgIpc) is 1.43. The van der Waals surface area contributed by atoms with Gasteiger partial charge in [-0.3, -0.25) is 9.05 Å². The first kappa shape index (κ1) is 3.49. The summed E-state index contributed by atoms with van der Waals surface area (Å²) in [5, 5.41) is 0. The Bertz CT molecular complexity index is 203. The second kappa shape index (κ2) is 4.94. The zero-order valence-corrected chi connectivity index (χ0v) is 7.01. The Morgan fingerprint density at radius 2 is 2.00 bits per heavy atom. The maximum Gasteiger partial charge on any atom is 0.471 e. The van der Waals surface area contributed by atoms with Gasteiger partial charge in [-0.15, -0.1) is 0 Å². The first-order valence-corrected chi connectivity index (χ1v) is 2.65. The van der Waals surface area contributed by atoms with Crippen molar-refractivity contribution in [1.29, 1.82) is 0 Å². The molecule has 0 aliphatic heterocycles. The SMILES string of the molecule is [2H]C([2H])([2H])OP(=O)(O)OC([2H])([2H])[2H].[Na]. The van der Waals surface area contributed by atoms with Crippen molar-refractivity contribution in [3.8, 4) is 0 Å². The molecule has 6 heteroatoms. The summed E-state index contributed by atoms with van der Waals surface area (Å²) in [7, 11) is -11.4. The summed E-state index contributed by atoms with van der Waals surface area (Å²) in [6.07, 6.45) is 0. The molecule has 0 fully saturated rings. The molecule has 0 rings (SSSR count). The molecule has 0 aromatic heterocycles. The summed E-state index contributed by atoms with van der Waals surface area (Å²) in [6.45, 7) is 0. The van der Waals surface area contributed by atoms with E-state index in [9.17, 15) is 4.57 Å². The van der Waals surface area contributed by atoms with Crippen molar-refractivity contribution in [3.63, 3.8) is 0 Å². The molecular formula is C2H7NaO4P. The van der Waals surface area contributed by atoms with E-state index in [4.69, 9.17) is 13.1 Å². The molecule has 0 aliphatic carbocycles. The molecule has 0 spiro atoms. The minimum Gasteiger partial charge on any atom is -0.303 e. The van der Waals surface area contributed by atoms with Crippen molar-refractivity contribution < 1.29 is 26.7 Å². The molecule has 0 saturated heterocycles. The molecule has 0 bridgehead atoms. The average molecular weight is 155 g/mol. The fourth-order valence-corrected chi connectivity index (χ4v) is 0.0559. The predicted octanol–water partition coefficient (Wildman–Crippen LogP) is -0.00120. The van der Waals surface area contributed by atoms with Crippen molar-refractivity contribution in [2.75, 3.05) is 14.1 Å². The van der Waals surface area contributed by atoms with Crippen LogP contribution in [-0.2, 0) is 13.6 Å². The fourth-order valence-electron chi connectivity index (χ4n) is 0.0186. The molecular weight excluding hydrogens is 142 g/mol. The number of phosphoric acid groups is 1. The summed E-state index contributed by atoms with van der Waals surface area (Å²) in [6, 6.07) is 0. The van der Waals surface area contributed by atoms with Crippen molar-refractivity contribution in [1.82, 2.24) is 0 Å². The van der Waals surface area contributed by atoms with Crippen LogP contribution >= 0.6 is 7.82 Å². The molecule has 8 heavy (non-hydrogen) atoms. The van der Waals surface area contributed by atoms with E-state index < -0.39 is 21.9 Å². The van der Waals surface area contributed by atoms with E-state index in [1.165, 1.54) is 0 Å². The van der Waals surface area contributed by atoms with E-state index in [0.29, 0.717) is 0 Å². The molecule has 0 aromatic carbocycles. The first-order chi connectivity index (χ1) is 5.41. The van der Waals surface area contributed by atoms with Crippen LogP contribution in [0.4, 0.5) is 0 Å².